The van der Waals surface area contributed by atoms with Gasteiger partial charge in [-0.05, 0) is 89.7 Å². The van der Waals surface area contributed by atoms with Crippen LogP contribution in [0.4, 0.5) is 0 Å². The lowest BCUT2D eigenvalue weighted by Crippen LogP contribution is -2.02. The van der Waals surface area contributed by atoms with Gasteiger partial charge >= 0.3 is 0 Å². The summed E-state index contributed by atoms with van der Waals surface area (Å²) in [6.45, 7) is 5.99. The first-order valence-corrected chi connectivity index (χ1v) is 19.3. The number of benzene rings is 1. The molecule has 0 saturated carbocycles. The molecule has 1 aliphatic heterocycles. The maximum atomic E-state index is 6.58. The predicted molar refractivity (Wildman–Crippen MR) is 193 cm³/mol. The van der Waals surface area contributed by atoms with Gasteiger partial charge in [0.2, 0.25) is 0 Å². The number of unbranched alkanes of at least 4 members (excludes halogenated alkanes) is 6. The van der Waals surface area contributed by atoms with Crippen LogP contribution in [-0.4, -0.2) is 13.2 Å². The van der Waals surface area contributed by atoms with Crippen molar-refractivity contribution in [2.75, 3.05) is 13.2 Å². The Balaban J connectivity index is 1.49. The standard InChI is InChI=1S/C34H39IO2S4/c1-3-5-7-9-19-36-26-23-25(29-14-16-32(40-29)33-17-18-34(35)41-33)27(37-20-10-8-6-4-2)22-24(26)28-13-15-31(39-28)30-12-11-21-38-30/h11-16,18,21-23,33H,3-10,17,19-20H2,1-2H3. The Kier molecular flexibility index (Phi) is 12.2. The summed E-state index contributed by atoms with van der Waals surface area (Å²) in [5.74, 6) is 1.94. The molecule has 0 saturated heterocycles. The van der Waals surface area contributed by atoms with E-state index < -0.39 is 0 Å². The topological polar surface area (TPSA) is 18.5 Å². The van der Waals surface area contributed by atoms with Crippen LogP contribution in [0.25, 0.3) is 30.6 Å². The smallest absolute Gasteiger partial charge is 0.128 e. The zero-order chi connectivity index (χ0) is 28.4. The number of thioether (sulfide) groups is 1. The molecule has 1 aromatic carbocycles. The van der Waals surface area contributed by atoms with Crippen molar-refractivity contribution in [2.24, 2.45) is 0 Å². The lowest BCUT2D eigenvalue weighted by atomic mass is 10.1. The highest BCUT2D eigenvalue weighted by atomic mass is 127. The molecule has 1 atom stereocenters. The van der Waals surface area contributed by atoms with E-state index in [1.807, 2.05) is 34.4 Å². The highest BCUT2D eigenvalue weighted by Gasteiger charge is 2.23. The zero-order valence-electron chi connectivity index (χ0n) is 24.0. The molecule has 2 nitrogen and oxygen atoms in total. The van der Waals surface area contributed by atoms with E-state index >= 15 is 0 Å². The van der Waals surface area contributed by atoms with Gasteiger partial charge in [-0.3, -0.25) is 0 Å². The minimum absolute atomic E-state index is 0.523. The number of allylic oxidation sites excluding steroid dienone is 1. The summed E-state index contributed by atoms with van der Waals surface area (Å²) < 4.78 is 14.6. The minimum atomic E-state index is 0.523. The van der Waals surface area contributed by atoms with Gasteiger partial charge in [0.25, 0.3) is 0 Å². The normalized spacial score (nSPS) is 14.9. The quantitative estimate of drug-likeness (QED) is 0.0843. The summed E-state index contributed by atoms with van der Waals surface area (Å²) in [5.41, 5.74) is 2.30. The monoisotopic (exact) mass is 734 g/mol. The van der Waals surface area contributed by atoms with Crippen LogP contribution in [0.5, 0.6) is 11.5 Å². The molecule has 0 aliphatic carbocycles. The lowest BCUT2D eigenvalue weighted by Gasteiger charge is -2.17. The molecule has 1 unspecified atom stereocenters. The van der Waals surface area contributed by atoms with E-state index in [0.29, 0.717) is 5.25 Å². The molecular formula is C34H39IO2S4. The van der Waals surface area contributed by atoms with Crippen LogP contribution >= 0.6 is 68.4 Å². The summed E-state index contributed by atoms with van der Waals surface area (Å²) in [5, 5.41) is 2.67. The minimum Gasteiger partial charge on any atom is -0.493 e. The van der Waals surface area contributed by atoms with E-state index in [1.165, 1.54) is 65.8 Å². The second kappa shape index (κ2) is 16.0. The molecule has 7 heteroatoms. The van der Waals surface area contributed by atoms with Gasteiger partial charge in [-0.1, -0.05) is 64.5 Å². The van der Waals surface area contributed by atoms with Crippen LogP contribution in [0, 0.1) is 0 Å². The van der Waals surface area contributed by atoms with Gasteiger partial charge in [-0.25, -0.2) is 0 Å². The van der Waals surface area contributed by atoms with Crippen molar-refractivity contribution in [3.8, 4) is 42.1 Å². The second-order valence-electron chi connectivity index (χ2n) is 10.4. The first-order valence-electron chi connectivity index (χ1n) is 14.9. The van der Waals surface area contributed by atoms with Gasteiger partial charge in [0.15, 0.2) is 0 Å². The number of thiophene rings is 3. The Morgan fingerprint density at radius 2 is 1.37 bits per heavy atom. The summed E-state index contributed by atoms with van der Waals surface area (Å²) in [6, 6.07) is 17.9. The molecule has 0 amide bonds. The van der Waals surface area contributed by atoms with Gasteiger partial charge in [-0.2, -0.15) is 0 Å². The van der Waals surface area contributed by atoms with Crippen LogP contribution in [0.1, 0.15) is 81.8 Å². The summed E-state index contributed by atoms with van der Waals surface area (Å²) in [7, 11) is 0. The average Bonchev–Trinajstić information content (AvgIpc) is 3.79. The number of hydrogen-bond donors (Lipinski definition) is 0. The van der Waals surface area contributed by atoms with E-state index in [9.17, 15) is 0 Å². The summed E-state index contributed by atoms with van der Waals surface area (Å²) in [6.07, 6.45) is 13.0. The van der Waals surface area contributed by atoms with Crippen molar-refractivity contribution in [2.45, 2.75) is 76.9 Å². The highest BCUT2D eigenvalue weighted by molar-refractivity contribution is 14.1. The molecule has 1 aliphatic rings. The van der Waals surface area contributed by atoms with E-state index in [1.54, 1.807) is 11.3 Å². The Morgan fingerprint density at radius 3 is 1.95 bits per heavy atom. The van der Waals surface area contributed by atoms with Gasteiger partial charge in [0.1, 0.15) is 11.5 Å². The fourth-order valence-electron chi connectivity index (χ4n) is 4.92. The van der Waals surface area contributed by atoms with Crippen LogP contribution < -0.4 is 9.47 Å². The van der Waals surface area contributed by atoms with E-state index in [2.05, 4.69) is 96.4 Å². The van der Waals surface area contributed by atoms with Crippen LogP contribution in [-0.2, 0) is 0 Å². The van der Waals surface area contributed by atoms with Crippen LogP contribution in [0.3, 0.4) is 0 Å². The first kappa shape index (κ1) is 31.2. The van der Waals surface area contributed by atoms with Crippen molar-refractivity contribution in [1.82, 2.24) is 0 Å². The molecule has 41 heavy (non-hydrogen) atoms. The third-order valence-electron chi connectivity index (χ3n) is 7.19. The van der Waals surface area contributed by atoms with Crippen LogP contribution in [0.15, 0.2) is 62.9 Å². The molecule has 0 N–H and O–H groups in total. The Labute approximate surface area is 275 Å². The Hall–Kier alpha value is -1.26. The van der Waals surface area contributed by atoms with Gasteiger partial charge < -0.3 is 9.47 Å². The lowest BCUT2D eigenvalue weighted by molar-refractivity contribution is 0.299. The van der Waals surface area contributed by atoms with E-state index in [0.717, 1.165) is 55.1 Å². The Bertz CT molecular complexity index is 1400. The SMILES string of the molecule is CCCCCCOc1cc(-c2ccc(C3CC=C(I)S3)s2)c(OCCCCCC)cc1-c1ccc(-c2cccs2)s1. The van der Waals surface area contributed by atoms with Crippen molar-refractivity contribution < 1.29 is 9.47 Å². The molecule has 5 rings (SSSR count). The summed E-state index contributed by atoms with van der Waals surface area (Å²) in [4.78, 5) is 6.54. The van der Waals surface area contributed by atoms with Crippen LogP contribution in [0.2, 0.25) is 0 Å². The molecule has 4 aromatic rings. The summed E-state index contributed by atoms with van der Waals surface area (Å²) >= 11 is 9.97. The van der Waals surface area contributed by atoms with E-state index in [4.69, 9.17) is 9.47 Å². The zero-order valence-corrected chi connectivity index (χ0v) is 29.4. The third-order valence-corrected chi connectivity index (χ3v) is 13.1. The average molecular weight is 735 g/mol. The fraction of sp³-hybridized carbons (Fsp3) is 0.412. The van der Waals surface area contributed by atoms with Gasteiger partial charge in [0.05, 0.1) is 13.2 Å². The Morgan fingerprint density at radius 1 is 0.732 bits per heavy atom. The van der Waals surface area contributed by atoms with Gasteiger partial charge in [-0.15, -0.1) is 45.8 Å². The third kappa shape index (κ3) is 8.43. The number of rotatable bonds is 16. The molecule has 218 valence electrons. The molecule has 0 radical (unpaired) electrons. The second-order valence-corrected chi connectivity index (χ2v) is 16.6. The number of halogens is 1. The maximum absolute atomic E-state index is 6.58. The predicted octanol–water partition coefficient (Wildman–Crippen LogP) is 13.2. The number of ether oxygens (including phenoxy) is 2. The van der Waals surface area contributed by atoms with Crippen molar-refractivity contribution in [3.05, 3.63) is 67.8 Å². The molecule has 0 spiro atoms. The number of hydrogen-bond acceptors (Lipinski definition) is 6. The molecule has 4 heterocycles. The van der Waals surface area contributed by atoms with E-state index in [-0.39, 0.29) is 0 Å². The van der Waals surface area contributed by atoms with Gasteiger partial charge in [0, 0.05) is 43.7 Å². The largest absolute Gasteiger partial charge is 0.493 e. The molecule has 0 fully saturated rings. The van der Waals surface area contributed by atoms with Crippen molar-refractivity contribution in [3.63, 3.8) is 0 Å². The van der Waals surface area contributed by atoms with Crippen molar-refractivity contribution in [1.29, 1.82) is 0 Å². The highest BCUT2D eigenvalue weighted by Crippen LogP contribution is 2.51. The van der Waals surface area contributed by atoms with Crippen molar-refractivity contribution >= 4 is 68.4 Å². The maximum Gasteiger partial charge on any atom is 0.128 e. The first-order chi connectivity index (χ1) is 20.2. The molecule has 0 bridgehead atoms. The molecular weight excluding hydrogens is 696 g/mol. The fourth-order valence-corrected chi connectivity index (χ4v) is 10.1. The molecule has 3 aromatic heterocycles.